The molecule has 5 nitrogen and oxygen atoms in total. The zero-order valence-electron chi connectivity index (χ0n) is 14.4. The number of pyridine rings is 1. The summed E-state index contributed by atoms with van der Waals surface area (Å²) >= 11 is 0. The first-order valence-corrected chi connectivity index (χ1v) is 8.03. The third-order valence-electron chi connectivity index (χ3n) is 4.09. The van der Waals surface area contributed by atoms with Crippen LogP contribution in [0.1, 0.15) is 18.2 Å². The zero-order valence-corrected chi connectivity index (χ0v) is 14.4. The summed E-state index contributed by atoms with van der Waals surface area (Å²) in [6.45, 7) is 1.94. The van der Waals surface area contributed by atoms with Gasteiger partial charge in [0.25, 0.3) is 5.56 Å². The van der Waals surface area contributed by atoms with Gasteiger partial charge in [-0.05, 0) is 31.0 Å². The molecule has 0 saturated carbocycles. The highest BCUT2D eigenvalue weighted by atomic mass is 19.4. The summed E-state index contributed by atoms with van der Waals surface area (Å²) in [7, 11) is 0. The molecular formula is C17H15F5N4O. The summed E-state index contributed by atoms with van der Waals surface area (Å²) in [5.74, 6) is -4.93. The largest absolute Gasteiger partial charge is 0.455 e. The number of halogens is 5. The van der Waals surface area contributed by atoms with Crippen molar-refractivity contribution in [3.63, 3.8) is 0 Å². The normalized spacial score (nSPS) is 12.7. The molecular weight excluding hydrogens is 371 g/mol. The van der Waals surface area contributed by atoms with Crippen LogP contribution >= 0.6 is 0 Å². The molecule has 3 aromatic heterocycles. The van der Waals surface area contributed by atoms with Crippen molar-refractivity contribution in [1.29, 1.82) is 0 Å². The lowest BCUT2D eigenvalue weighted by molar-refractivity contribution is -0.287. The molecule has 3 aromatic rings. The van der Waals surface area contributed by atoms with Gasteiger partial charge < -0.3 is 0 Å². The van der Waals surface area contributed by atoms with Crippen molar-refractivity contribution in [3.05, 3.63) is 52.3 Å². The van der Waals surface area contributed by atoms with Gasteiger partial charge >= 0.3 is 12.1 Å². The molecule has 0 fully saturated rings. The van der Waals surface area contributed by atoms with E-state index in [1.165, 1.54) is 10.6 Å². The smallest absolute Gasteiger partial charge is 0.268 e. The van der Waals surface area contributed by atoms with Crippen LogP contribution in [0, 0.1) is 6.92 Å². The van der Waals surface area contributed by atoms with Gasteiger partial charge in [-0.1, -0.05) is 6.92 Å². The number of hydrogen-bond acceptors (Lipinski definition) is 3. The lowest BCUT2D eigenvalue weighted by Crippen LogP contribution is -2.40. The molecule has 0 aromatic carbocycles. The average Bonchev–Trinajstić information content (AvgIpc) is 3.00. The quantitative estimate of drug-likeness (QED) is 0.644. The lowest BCUT2D eigenvalue weighted by atomic mass is 10.1. The number of alkyl halides is 5. The Balaban J connectivity index is 2.09. The van der Waals surface area contributed by atoms with Gasteiger partial charge in [-0.2, -0.15) is 27.1 Å². The number of fused-ring (bicyclic) bond motifs is 1. The standard InChI is InChI=1S/C17H15F5N4O/c1-3-12-14(15(27)26-5-4-10(2)6-13(26)24-12)11-7-23-25(8-11)9-16(18,19)17(20,21)22/h4-8H,3,9H2,1-2H3. The summed E-state index contributed by atoms with van der Waals surface area (Å²) < 4.78 is 65.4. The van der Waals surface area contributed by atoms with Crippen LogP contribution in [0.4, 0.5) is 22.0 Å². The van der Waals surface area contributed by atoms with E-state index >= 15 is 0 Å². The highest BCUT2D eigenvalue weighted by Crippen LogP contribution is 2.36. The maximum absolute atomic E-state index is 13.2. The Kier molecular flexibility index (Phi) is 4.52. The Morgan fingerprint density at radius 2 is 1.89 bits per heavy atom. The molecule has 0 atom stereocenters. The minimum absolute atomic E-state index is 0.125. The minimum atomic E-state index is -5.68. The highest BCUT2D eigenvalue weighted by molar-refractivity contribution is 5.65. The third-order valence-corrected chi connectivity index (χ3v) is 4.09. The fourth-order valence-electron chi connectivity index (χ4n) is 2.70. The second-order valence-electron chi connectivity index (χ2n) is 6.15. The van der Waals surface area contributed by atoms with Crippen molar-refractivity contribution in [3.8, 4) is 11.1 Å². The van der Waals surface area contributed by atoms with Gasteiger partial charge in [0.05, 0.1) is 17.5 Å². The van der Waals surface area contributed by atoms with Gasteiger partial charge in [-0.15, -0.1) is 0 Å². The van der Waals surface area contributed by atoms with Crippen LogP contribution in [0.25, 0.3) is 16.8 Å². The van der Waals surface area contributed by atoms with E-state index in [-0.39, 0.29) is 11.1 Å². The molecule has 0 unspecified atom stereocenters. The number of rotatable bonds is 4. The predicted octanol–water partition coefficient (Wildman–Crippen LogP) is 3.63. The maximum atomic E-state index is 13.2. The summed E-state index contributed by atoms with van der Waals surface area (Å²) in [4.78, 5) is 17.2. The molecule has 0 saturated heterocycles. The predicted molar refractivity (Wildman–Crippen MR) is 87.8 cm³/mol. The second kappa shape index (κ2) is 6.43. The molecule has 27 heavy (non-hydrogen) atoms. The van der Waals surface area contributed by atoms with E-state index in [0.29, 0.717) is 22.4 Å². The average molecular weight is 386 g/mol. The van der Waals surface area contributed by atoms with Crippen molar-refractivity contribution < 1.29 is 22.0 Å². The van der Waals surface area contributed by atoms with E-state index < -0.39 is 24.2 Å². The van der Waals surface area contributed by atoms with Crippen molar-refractivity contribution >= 4 is 5.65 Å². The Morgan fingerprint density at radius 1 is 1.19 bits per heavy atom. The van der Waals surface area contributed by atoms with E-state index in [1.807, 2.05) is 6.92 Å². The monoisotopic (exact) mass is 386 g/mol. The lowest BCUT2D eigenvalue weighted by Gasteiger charge is -2.19. The summed E-state index contributed by atoms with van der Waals surface area (Å²) in [6, 6.07) is 3.43. The molecule has 0 radical (unpaired) electrons. The Morgan fingerprint density at radius 3 is 2.52 bits per heavy atom. The van der Waals surface area contributed by atoms with Crippen molar-refractivity contribution in [2.45, 2.75) is 38.9 Å². The number of nitrogens with zero attached hydrogens (tertiary/aromatic N) is 4. The van der Waals surface area contributed by atoms with Crippen LogP contribution in [0.15, 0.2) is 35.5 Å². The van der Waals surface area contributed by atoms with E-state index in [0.717, 1.165) is 18.0 Å². The number of aromatic nitrogens is 4. The van der Waals surface area contributed by atoms with Gasteiger partial charge in [0.1, 0.15) is 12.2 Å². The van der Waals surface area contributed by atoms with E-state index in [1.54, 1.807) is 19.1 Å². The van der Waals surface area contributed by atoms with Gasteiger partial charge in [0.15, 0.2) is 0 Å². The zero-order chi connectivity index (χ0) is 20.0. The van der Waals surface area contributed by atoms with Gasteiger partial charge in [-0.3, -0.25) is 13.9 Å². The van der Waals surface area contributed by atoms with Crippen LogP contribution in [-0.4, -0.2) is 31.3 Å². The summed E-state index contributed by atoms with van der Waals surface area (Å²) in [5.41, 5.74) is 1.56. The molecule has 0 aliphatic rings. The fourth-order valence-corrected chi connectivity index (χ4v) is 2.70. The van der Waals surface area contributed by atoms with E-state index in [4.69, 9.17) is 0 Å². The number of hydrogen-bond donors (Lipinski definition) is 0. The highest BCUT2D eigenvalue weighted by Gasteiger charge is 2.57. The van der Waals surface area contributed by atoms with Gasteiger partial charge in [-0.25, -0.2) is 4.98 Å². The molecule has 0 aliphatic heterocycles. The van der Waals surface area contributed by atoms with E-state index in [9.17, 15) is 26.7 Å². The molecule has 3 heterocycles. The minimum Gasteiger partial charge on any atom is -0.268 e. The van der Waals surface area contributed by atoms with Crippen molar-refractivity contribution in [2.24, 2.45) is 0 Å². The molecule has 0 N–H and O–H groups in total. The third kappa shape index (κ3) is 3.43. The molecule has 0 aliphatic carbocycles. The Hall–Kier alpha value is -2.78. The van der Waals surface area contributed by atoms with Crippen LogP contribution < -0.4 is 5.56 Å². The van der Waals surface area contributed by atoms with Crippen LogP contribution in [0.5, 0.6) is 0 Å². The molecule has 10 heteroatoms. The van der Waals surface area contributed by atoms with E-state index in [2.05, 4.69) is 10.1 Å². The summed E-state index contributed by atoms with van der Waals surface area (Å²) in [5, 5.41) is 3.56. The maximum Gasteiger partial charge on any atom is 0.455 e. The Bertz CT molecular complexity index is 1050. The molecule has 144 valence electrons. The number of aryl methyl sites for hydroxylation is 2. The molecule has 0 bridgehead atoms. The second-order valence-corrected chi connectivity index (χ2v) is 6.15. The molecule has 0 amide bonds. The van der Waals surface area contributed by atoms with Crippen LogP contribution in [0.2, 0.25) is 0 Å². The molecule has 3 rings (SSSR count). The first kappa shape index (κ1) is 19.0. The fraction of sp³-hybridized carbons (Fsp3) is 0.353. The first-order chi connectivity index (χ1) is 12.5. The topological polar surface area (TPSA) is 52.2 Å². The van der Waals surface area contributed by atoms with Crippen LogP contribution in [0.3, 0.4) is 0 Å². The first-order valence-electron chi connectivity index (χ1n) is 8.03. The SMILES string of the molecule is CCc1nc2cc(C)ccn2c(=O)c1-c1cnn(CC(F)(F)C(F)(F)F)c1. The van der Waals surface area contributed by atoms with Crippen molar-refractivity contribution in [1.82, 2.24) is 19.2 Å². The van der Waals surface area contributed by atoms with Crippen LogP contribution in [-0.2, 0) is 13.0 Å². The molecule has 0 spiro atoms. The Labute approximate surface area is 150 Å². The van der Waals surface area contributed by atoms with Gasteiger partial charge in [0, 0.05) is 18.0 Å². The van der Waals surface area contributed by atoms with Crippen molar-refractivity contribution in [2.75, 3.05) is 0 Å². The van der Waals surface area contributed by atoms with Gasteiger partial charge in [0.2, 0.25) is 0 Å². The summed E-state index contributed by atoms with van der Waals surface area (Å²) in [6.07, 6.45) is -1.69.